The first-order valence-corrected chi connectivity index (χ1v) is 9.15. The van der Waals surface area contributed by atoms with Gasteiger partial charge in [-0.2, -0.15) is 5.26 Å². The van der Waals surface area contributed by atoms with Gasteiger partial charge in [-0.25, -0.2) is 4.79 Å². The Morgan fingerprint density at radius 3 is 2.62 bits per heavy atom. The fourth-order valence-corrected chi connectivity index (χ4v) is 3.62. The van der Waals surface area contributed by atoms with Crippen LogP contribution in [0.2, 0.25) is 10.0 Å². The standard InChI is InChI=1S/C21H12Cl2N2O4/c22-11-3-5-13(16(23)8-11)19-14-6-4-12(28-21(26)17-2-1-7-27-17)9-18(14)29-20(25)15(19)10-24/h1-9,19H,25H2. The number of nitriles is 1. The van der Waals surface area contributed by atoms with Gasteiger partial charge in [-0.15, -0.1) is 0 Å². The van der Waals surface area contributed by atoms with Crippen LogP contribution in [0.1, 0.15) is 27.6 Å². The van der Waals surface area contributed by atoms with Gasteiger partial charge >= 0.3 is 5.97 Å². The monoisotopic (exact) mass is 426 g/mol. The molecule has 0 amide bonds. The lowest BCUT2D eigenvalue weighted by atomic mass is 9.83. The maximum atomic E-state index is 12.1. The number of halogens is 2. The highest BCUT2D eigenvalue weighted by atomic mass is 35.5. The maximum absolute atomic E-state index is 12.1. The number of benzene rings is 2. The highest BCUT2D eigenvalue weighted by molar-refractivity contribution is 6.35. The van der Waals surface area contributed by atoms with Crippen molar-refractivity contribution >= 4 is 29.2 Å². The van der Waals surface area contributed by atoms with Gasteiger partial charge < -0.3 is 19.6 Å². The number of carbonyl (C=O) groups excluding carboxylic acids is 1. The van der Waals surface area contributed by atoms with Crippen LogP contribution in [-0.4, -0.2) is 5.97 Å². The van der Waals surface area contributed by atoms with E-state index in [4.69, 9.17) is 42.8 Å². The van der Waals surface area contributed by atoms with Crippen molar-refractivity contribution in [3.8, 4) is 17.6 Å². The van der Waals surface area contributed by atoms with Crippen LogP contribution < -0.4 is 15.2 Å². The van der Waals surface area contributed by atoms with Gasteiger partial charge in [0.05, 0.1) is 12.2 Å². The SMILES string of the molecule is N#CC1=C(N)Oc2cc(OC(=O)c3ccco3)ccc2C1c1ccc(Cl)cc1Cl. The molecule has 1 atom stereocenters. The molecule has 8 heteroatoms. The summed E-state index contributed by atoms with van der Waals surface area (Å²) in [5.74, 6) is -0.597. The van der Waals surface area contributed by atoms with Gasteiger partial charge in [-0.1, -0.05) is 35.3 Å². The summed E-state index contributed by atoms with van der Waals surface area (Å²) in [6.45, 7) is 0. The Morgan fingerprint density at radius 1 is 1.14 bits per heavy atom. The van der Waals surface area contributed by atoms with E-state index in [0.717, 1.165) is 0 Å². The zero-order valence-corrected chi connectivity index (χ0v) is 16.2. The molecule has 0 fully saturated rings. The van der Waals surface area contributed by atoms with Crippen molar-refractivity contribution in [1.82, 2.24) is 0 Å². The topological polar surface area (TPSA) is 98.5 Å². The normalized spacial score (nSPS) is 15.3. The molecule has 0 bridgehead atoms. The fourth-order valence-electron chi connectivity index (χ4n) is 3.11. The van der Waals surface area contributed by atoms with Gasteiger partial charge in [0.2, 0.25) is 11.6 Å². The summed E-state index contributed by atoms with van der Waals surface area (Å²) in [4.78, 5) is 12.1. The number of hydrogen-bond donors (Lipinski definition) is 1. The molecule has 29 heavy (non-hydrogen) atoms. The van der Waals surface area contributed by atoms with Crippen molar-refractivity contribution in [2.24, 2.45) is 5.73 Å². The maximum Gasteiger partial charge on any atom is 0.379 e. The van der Waals surface area contributed by atoms with Gasteiger partial charge in [0, 0.05) is 21.7 Å². The van der Waals surface area contributed by atoms with Crippen molar-refractivity contribution in [3.05, 3.63) is 93.2 Å². The van der Waals surface area contributed by atoms with E-state index in [1.54, 1.807) is 36.4 Å². The Hall–Kier alpha value is -3.40. The Balaban J connectivity index is 1.75. The van der Waals surface area contributed by atoms with Crippen LogP contribution in [0.4, 0.5) is 0 Å². The first-order chi connectivity index (χ1) is 14.0. The number of hydrogen-bond acceptors (Lipinski definition) is 6. The summed E-state index contributed by atoms with van der Waals surface area (Å²) in [6.07, 6.45) is 1.38. The number of allylic oxidation sites excluding steroid dienone is 1. The summed E-state index contributed by atoms with van der Waals surface area (Å²) in [6, 6.07) is 15.0. The van der Waals surface area contributed by atoms with Gasteiger partial charge in [0.15, 0.2) is 0 Å². The first kappa shape index (κ1) is 18.9. The molecule has 2 heterocycles. The molecule has 0 radical (unpaired) electrons. The van der Waals surface area contributed by atoms with E-state index >= 15 is 0 Å². The van der Waals surface area contributed by atoms with E-state index in [2.05, 4.69) is 6.07 Å². The van der Waals surface area contributed by atoms with E-state index in [1.165, 1.54) is 18.4 Å². The van der Waals surface area contributed by atoms with Crippen molar-refractivity contribution < 1.29 is 18.7 Å². The number of nitrogens with zero attached hydrogens (tertiary/aromatic N) is 1. The van der Waals surface area contributed by atoms with Gasteiger partial charge in [0.25, 0.3) is 0 Å². The van der Waals surface area contributed by atoms with E-state index in [0.29, 0.717) is 26.9 Å². The lowest BCUT2D eigenvalue weighted by Gasteiger charge is -2.27. The van der Waals surface area contributed by atoms with Crippen molar-refractivity contribution in [1.29, 1.82) is 5.26 Å². The third kappa shape index (κ3) is 3.54. The smallest absolute Gasteiger partial charge is 0.379 e. The lowest BCUT2D eigenvalue weighted by Crippen LogP contribution is -2.21. The Kier molecular flexibility index (Phi) is 4.93. The van der Waals surface area contributed by atoms with Crippen LogP contribution in [0.3, 0.4) is 0 Å². The molecule has 6 nitrogen and oxygen atoms in total. The summed E-state index contributed by atoms with van der Waals surface area (Å²) < 4.78 is 16.0. The average molecular weight is 427 g/mol. The molecule has 2 N–H and O–H groups in total. The molecule has 144 valence electrons. The molecule has 0 spiro atoms. The fraction of sp³-hybridized carbons (Fsp3) is 0.0476. The Bertz CT molecular complexity index is 1180. The molecular formula is C21H12Cl2N2O4. The molecule has 2 aromatic carbocycles. The quantitative estimate of drug-likeness (QED) is 0.465. The number of carbonyl (C=O) groups is 1. The largest absolute Gasteiger partial charge is 0.457 e. The number of fused-ring (bicyclic) bond motifs is 1. The van der Waals surface area contributed by atoms with Crippen LogP contribution in [0.25, 0.3) is 0 Å². The third-order valence-electron chi connectivity index (χ3n) is 4.40. The predicted molar refractivity (Wildman–Crippen MR) is 106 cm³/mol. The number of furan rings is 1. The minimum Gasteiger partial charge on any atom is -0.457 e. The number of rotatable bonds is 3. The van der Waals surface area contributed by atoms with Gasteiger partial charge in [0.1, 0.15) is 23.1 Å². The highest BCUT2D eigenvalue weighted by Gasteiger charge is 2.32. The molecule has 1 aliphatic heterocycles. The Labute approximate surface area is 175 Å². The number of ether oxygens (including phenoxy) is 2. The van der Waals surface area contributed by atoms with E-state index in [-0.39, 0.29) is 23.0 Å². The van der Waals surface area contributed by atoms with Crippen LogP contribution in [0.15, 0.2) is 70.7 Å². The molecule has 4 rings (SSSR count). The molecule has 1 aliphatic rings. The average Bonchev–Trinajstić information content (AvgIpc) is 3.22. The summed E-state index contributed by atoms with van der Waals surface area (Å²) in [7, 11) is 0. The molecule has 1 aromatic heterocycles. The number of esters is 1. The van der Waals surface area contributed by atoms with Crippen molar-refractivity contribution in [2.75, 3.05) is 0 Å². The minimum absolute atomic E-state index is 0.0504. The molecular weight excluding hydrogens is 415 g/mol. The molecule has 3 aromatic rings. The first-order valence-electron chi connectivity index (χ1n) is 8.40. The van der Waals surface area contributed by atoms with Crippen LogP contribution >= 0.6 is 23.2 Å². The number of nitrogens with two attached hydrogens (primary N) is 1. The lowest BCUT2D eigenvalue weighted by molar-refractivity contribution is 0.0701. The zero-order valence-electron chi connectivity index (χ0n) is 14.7. The third-order valence-corrected chi connectivity index (χ3v) is 4.96. The van der Waals surface area contributed by atoms with Crippen LogP contribution in [0.5, 0.6) is 11.5 Å². The summed E-state index contributed by atoms with van der Waals surface area (Å²) >= 11 is 12.4. The molecule has 0 saturated carbocycles. The molecule has 1 unspecified atom stereocenters. The molecule has 0 aliphatic carbocycles. The Morgan fingerprint density at radius 2 is 1.93 bits per heavy atom. The second-order valence-corrected chi connectivity index (χ2v) is 7.00. The van der Waals surface area contributed by atoms with E-state index in [1.807, 2.05) is 0 Å². The van der Waals surface area contributed by atoms with Gasteiger partial charge in [-0.05, 0) is 35.9 Å². The zero-order chi connectivity index (χ0) is 20.5. The second kappa shape index (κ2) is 7.55. The summed E-state index contributed by atoms with van der Waals surface area (Å²) in [5.41, 5.74) is 7.51. The highest BCUT2D eigenvalue weighted by Crippen LogP contribution is 2.45. The predicted octanol–water partition coefficient (Wildman–Crippen LogP) is 5.02. The van der Waals surface area contributed by atoms with Crippen LogP contribution in [-0.2, 0) is 0 Å². The van der Waals surface area contributed by atoms with Crippen molar-refractivity contribution in [2.45, 2.75) is 5.92 Å². The van der Waals surface area contributed by atoms with Crippen molar-refractivity contribution in [3.63, 3.8) is 0 Å². The van der Waals surface area contributed by atoms with E-state index < -0.39 is 11.9 Å². The molecule has 0 saturated heterocycles. The minimum atomic E-state index is -0.649. The second-order valence-electron chi connectivity index (χ2n) is 6.16. The summed E-state index contributed by atoms with van der Waals surface area (Å²) in [5, 5.41) is 10.5. The van der Waals surface area contributed by atoms with E-state index in [9.17, 15) is 10.1 Å². The van der Waals surface area contributed by atoms with Crippen LogP contribution in [0, 0.1) is 11.3 Å². The van der Waals surface area contributed by atoms with Gasteiger partial charge in [-0.3, -0.25) is 0 Å².